The van der Waals surface area contributed by atoms with Crippen molar-refractivity contribution in [2.75, 3.05) is 0 Å². The molecule has 0 amide bonds. The molecular weight excluding hydrogens is 302 g/mol. The Morgan fingerprint density at radius 1 is 1.11 bits per heavy atom. The maximum atomic E-state index is 12.7. The van der Waals surface area contributed by atoms with Crippen LogP contribution in [0.4, 0.5) is 22.0 Å². The molecule has 18 heavy (non-hydrogen) atoms. The van der Waals surface area contributed by atoms with E-state index in [4.69, 9.17) is 23.2 Å². The Labute approximate surface area is 108 Å². The minimum atomic E-state index is -5.91. The zero-order valence-electron chi connectivity index (χ0n) is 8.49. The molecular formula is C10H5Cl2F5O. The van der Waals surface area contributed by atoms with Crippen molar-refractivity contribution in [2.24, 2.45) is 0 Å². The van der Waals surface area contributed by atoms with Crippen molar-refractivity contribution in [1.29, 1.82) is 0 Å². The molecule has 1 rings (SSSR count). The van der Waals surface area contributed by atoms with Crippen molar-refractivity contribution in [3.05, 3.63) is 33.8 Å². The van der Waals surface area contributed by atoms with E-state index in [2.05, 4.69) is 0 Å². The van der Waals surface area contributed by atoms with E-state index in [1.54, 1.807) is 0 Å². The number of Topliss-reactive ketones (excluding diaryl/α,β-unsaturated/α-hetero) is 1. The van der Waals surface area contributed by atoms with Gasteiger partial charge in [-0.2, -0.15) is 22.0 Å². The number of halogens is 7. The molecule has 0 aliphatic rings. The Kier molecular flexibility index (Phi) is 4.23. The molecule has 1 aromatic carbocycles. The summed E-state index contributed by atoms with van der Waals surface area (Å²) in [4.78, 5) is 11.0. The molecule has 1 nitrogen and oxygen atoms in total. The Balaban J connectivity index is 2.95. The van der Waals surface area contributed by atoms with Crippen LogP contribution in [0.5, 0.6) is 0 Å². The van der Waals surface area contributed by atoms with Gasteiger partial charge in [-0.05, 0) is 17.7 Å². The van der Waals surface area contributed by atoms with Crippen molar-refractivity contribution in [1.82, 2.24) is 0 Å². The van der Waals surface area contributed by atoms with Crippen LogP contribution in [0.25, 0.3) is 0 Å². The number of benzene rings is 1. The molecule has 0 atom stereocenters. The van der Waals surface area contributed by atoms with Gasteiger partial charge in [0.25, 0.3) is 0 Å². The third kappa shape index (κ3) is 3.11. The first-order valence-corrected chi connectivity index (χ1v) is 5.23. The Morgan fingerprint density at radius 2 is 1.67 bits per heavy atom. The summed E-state index contributed by atoms with van der Waals surface area (Å²) in [6, 6.07) is 3.51. The van der Waals surface area contributed by atoms with E-state index in [0.29, 0.717) is 0 Å². The van der Waals surface area contributed by atoms with E-state index in [-0.39, 0.29) is 15.6 Å². The topological polar surface area (TPSA) is 17.1 Å². The number of hydrogen-bond donors (Lipinski definition) is 0. The molecule has 0 aromatic heterocycles. The van der Waals surface area contributed by atoms with Gasteiger partial charge in [0.15, 0.2) is 0 Å². The minimum absolute atomic E-state index is 0.144. The largest absolute Gasteiger partial charge is 0.461 e. The molecule has 8 heteroatoms. The standard InChI is InChI=1S/C10H5Cl2F5O/c11-6-2-1-5(7(12)4-6)3-8(18)9(13,14)10(15,16)17/h1-2,4H,3H2. The van der Waals surface area contributed by atoms with E-state index >= 15 is 0 Å². The average molecular weight is 307 g/mol. The van der Waals surface area contributed by atoms with Gasteiger partial charge < -0.3 is 0 Å². The van der Waals surface area contributed by atoms with Crippen molar-refractivity contribution in [2.45, 2.75) is 18.5 Å². The van der Waals surface area contributed by atoms with E-state index in [0.717, 1.165) is 12.1 Å². The first kappa shape index (κ1) is 15.2. The van der Waals surface area contributed by atoms with Gasteiger partial charge in [-0.1, -0.05) is 29.3 Å². The van der Waals surface area contributed by atoms with Gasteiger partial charge in [0.05, 0.1) is 0 Å². The van der Waals surface area contributed by atoms with Crippen LogP contribution in [0, 0.1) is 0 Å². The normalized spacial score (nSPS) is 12.6. The molecule has 0 bridgehead atoms. The van der Waals surface area contributed by atoms with Crippen LogP contribution in [-0.2, 0) is 11.2 Å². The Hall–Kier alpha value is -0.880. The van der Waals surface area contributed by atoms with Crippen LogP contribution in [0.2, 0.25) is 10.0 Å². The highest BCUT2D eigenvalue weighted by Crippen LogP contribution is 2.37. The van der Waals surface area contributed by atoms with E-state index in [9.17, 15) is 26.7 Å². The summed E-state index contributed by atoms with van der Waals surface area (Å²) < 4.78 is 61.1. The maximum Gasteiger partial charge on any atom is 0.461 e. The molecule has 0 fully saturated rings. The summed E-state index contributed by atoms with van der Waals surface area (Å²) in [5.41, 5.74) is -0.144. The van der Waals surface area contributed by atoms with Crippen LogP contribution < -0.4 is 0 Å². The lowest BCUT2D eigenvalue weighted by atomic mass is 10.0. The van der Waals surface area contributed by atoms with Gasteiger partial charge in [0.1, 0.15) is 0 Å². The molecule has 1 aromatic rings. The lowest BCUT2D eigenvalue weighted by Gasteiger charge is -2.18. The fraction of sp³-hybridized carbons (Fsp3) is 0.300. The number of carbonyl (C=O) groups excluding carboxylic acids is 1. The zero-order chi connectivity index (χ0) is 14.1. The van der Waals surface area contributed by atoms with Gasteiger partial charge in [0, 0.05) is 16.5 Å². The smallest absolute Gasteiger partial charge is 0.292 e. The fourth-order valence-electron chi connectivity index (χ4n) is 1.11. The van der Waals surface area contributed by atoms with E-state index < -0.39 is 24.3 Å². The molecule has 0 unspecified atom stereocenters. The summed E-state index contributed by atoms with van der Waals surface area (Å²) in [5.74, 6) is -7.66. The van der Waals surface area contributed by atoms with Crippen molar-refractivity contribution >= 4 is 29.0 Å². The van der Waals surface area contributed by atoms with Gasteiger partial charge in [0.2, 0.25) is 5.78 Å². The van der Waals surface area contributed by atoms with E-state index in [1.807, 2.05) is 0 Å². The van der Waals surface area contributed by atoms with Crippen molar-refractivity contribution in [3.8, 4) is 0 Å². The molecule has 0 heterocycles. The molecule has 0 N–H and O–H groups in total. The lowest BCUT2D eigenvalue weighted by molar-refractivity contribution is -0.268. The second-order valence-electron chi connectivity index (χ2n) is 3.41. The number of ketones is 1. The Bertz CT molecular complexity index is 470. The summed E-state index contributed by atoms with van der Waals surface area (Å²) in [7, 11) is 0. The highest BCUT2D eigenvalue weighted by atomic mass is 35.5. The SMILES string of the molecule is O=C(Cc1ccc(Cl)cc1Cl)C(F)(F)C(F)(F)F. The zero-order valence-corrected chi connectivity index (χ0v) is 10.0. The first-order chi connectivity index (χ1) is 8.05. The van der Waals surface area contributed by atoms with Crippen LogP contribution >= 0.6 is 23.2 Å². The predicted octanol–water partition coefficient (Wildman–Crippen LogP) is 4.30. The maximum absolute atomic E-state index is 12.7. The van der Waals surface area contributed by atoms with Gasteiger partial charge in [-0.25, -0.2) is 0 Å². The number of rotatable bonds is 3. The molecule has 0 spiro atoms. The van der Waals surface area contributed by atoms with Crippen LogP contribution in [0.15, 0.2) is 18.2 Å². The van der Waals surface area contributed by atoms with Crippen molar-refractivity contribution < 1.29 is 26.7 Å². The highest BCUT2D eigenvalue weighted by molar-refractivity contribution is 6.35. The number of carbonyl (C=O) groups is 1. The van der Waals surface area contributed by atoms with Gasteiger partial charge in [-0.15, -0.1) is 0 Å². The summed E-state index contributed by atoms with van der Waals surface area (Å²) >= 11 is 11.1. The third-order valence-electron chi connectivity index (χ3n) is 2.07. The molecule has 0 saturated carbocycles. The second-order valence-corrected chi connectivity index (χ2v) is 4.25. The van der Waals surface area contributed by atoms with Crippen LogP contribution in [0.3, 0.4) is 0 Å². The van der Waals surface area contributed by atoms with Gasteiger partial charge >= 0.3 is 12.1 Å². The number of alkyl halides is 5. The lowest BCUT2D eigenvalue weighted by Crippen LogP contribution is -2.44. The third-order valence-corrected chi connectivity index (χ3v) is 2.66. The predicted molar refractivity (Wildman–Crippen MR) is 56.2 cm³/mol. The molecule has 0 saturated heterocycles. The number of hydrogen-bond acceptors (Lipinski definition) is 1. The second kappa shape index (κ2) is 5.01. The van der Waals surface area contributed by atoms with E-state index in [1.165, 1.54) is 6.07 Å². The van der Waals surface area contributed by atoms with Gasteiger partial charge in [-0.3, -0.25) is 4.79 Å². The summed E-state index contributed by atoms with van der Waals surface area (Å²) in [6.45, 7) is 0. The first-order valence-electron chi connectivity index (χ1n) is 4.47. The monoisotopic (exact) mass is 306 g/mol. The summed E-state index contributed by atoms with van der Waals surface area (Å²) in [5, 5.41) is 0.0348. The van der Waals surface area contributed by atoms with Crippen LogP contribution in [0.1, 0.15) is 5.56 Å². The molecule has 0 aliphatic heterocycles. The van der Waals surface area contributed by atoms with Crippen molar-refractivity contribution in [3.63, 3.8) is 0 Å². The molecule has 100 valence electrons. The average Bonchev–Trinajstić information content (AvgIpc) is 2.20. The highest BCUT2D eigenvalue weighted by Gasteiger charge is 2.62. The Morgan fingerprint density at radius 3 is 2.11 bits per heavy atom. The quantitative estimate of drug-likeness (QED) is 0.761. The van der Waals surface area contributed by atoms with Crippen LogP contribution in [-0.4, -0.2) is 17.9 Å². The summed E-state index contributed by atoms with van der Waals surface area (Å²) in [6.07, 6.45) is -7.04. The fourth-order valence-corrected chi connectivity index (χ4v) is 1.58. The molecule has 0 aliphatic carbocycles. The minimum Gasteiger partial charge on any atom is -0.292 e. The molecule has 0 radical (unpaired) electrons.